The smallest absolute Gasteiger partial charge is 0.0767 e. The fraction of sp³-hybridized carbons (Fsp3) is 1.00. The summed E-state index contributed by atoms with van der Waals surface area (Å²) < 4.78 is 5.17. The molecule has 0 bridgehead atoms. The molecule has 0 radical (unpaired) electrons. The lowest BCUT2D eigenvalue weighted by molar-refractivity contribution is 0.255. The summed E-state index contributed by atoms with van der Waals surface area (Å²) in [6.07, 6.45) is 6.92. The monoisotopic (exact) mass is 248 g/mol. The Hall–Kier alpha value is 0.190. The van der Waals surface area contributed by atoms with E-state index in [0.29, 0.717) is 18.7 Å². The number of rotatable bonds is 4. The van der Waals surface area contributed by atoms with Crippen molar-refractivity contribution in [3.63, 3.8) is 0 Å². The number of aliphatic hydroxyl groups excluding tert-OH is 1. The van der Waals surface area contributed by atoms with Gasteiger partial charge in [-0.05, 0) is 50.8 Å². The number of hydrogen-bond acceptors (Lipinski definition) is 5. The Kier molecular flexibility index (Phi) is 8.23. The van der Waals surface area contributed by atoms with E-state index in [1.54, 1.807) is 0 Å². The molecule has 0 aromatic carbocycles. The molecule has 0 spiro atoms. The van der Waals surface area contributed by atoms with Crippen LogP contribution in [0.1, 0.15) is 25.7 Å². The number of aliphatic hydroxyl groups is 1. The quantitative estimate of drug-likeness (QED) is 0.642. The van der Waals surface area contributed by atoms with Gasteiger partial charge in [0, 0.05) is 18.3 Å². The Morgan fingerprint density at radius 1 is 1.19 bits per heavy atom. The van der Waals surface area contributed by atoms with E-state index in [2.05, 4.69) is 10.6 Å². The number of hydrogen-bond donors (Lipinski definition) is 3. The molecule has 0 aromatic heterocycles. The second-order valence-electron chi connectivity index (χ2n) is 4.22. The lowest BCUT2D eigenvalue weighted by Gasteiger charge is -2.06. The Morgan fingerprint density at radius 3 is 2.19 bits per heavy atom. The van der Waals surface area contributed by atoms with Gasteiger partial charge in [-0.15, -0.1) is 0 Å². The van der Waals surface area contributed by atoms with Gasteiger partial charge in [0.05, 0.1) is 13.2 Å². The van der Waals surface area contributed by atoms with Gasteiger partial charge in [-0.1, -0.05) is 0 Å². The average Bonchev–Trinajstić information content (AvgIpc) is 3.00. The average molecular weight is 248 g/mol. The van der Waals surface area contributed by atoms with E-state index < -0.39 is 0 Å². The van der Waals surface area contributed by atoms with Gasteiger partial charge in [0.15, 0.2) is 0 Å². The summed E-state index contributed by atoms with van der Waals surface area (Å²) in [5.74, 6) is 0. The molecule has 5 heteroatoms. The zero-order valence-electron chi connectivity index (χ0n) is 10.1. The van der Waals surface area contributed by atoms with Crippen molar-refractivity contribution in [1.82, 2.24) is 10.6 Å². The van der Waals surface area contributed by atoms with Crippen LogP contribution in [0.25, 0.3) is 0 Å². The van der Waals surface area contributed by atoms with E-state index in [-0.39, 0.29) is 0 Å². The van der Waals surface area contributed by atoms with E-state index in [0.717, 1.165) is 19.6 Å². The fourth-order valence-electron chi connectivity index (χ4n) is 1.96. The molecule has 2 unspecified atom stereocenters. The summed E-state index contributed by atoms with van der Waals surface area (Å²) in [4.78, 5) is 0. The van der Waals surface area contributed by atoms with Crippen molar-refractivity contribution in [1.29, 1.82) is 0 Å². The summed E-state index contributed by atoms with van der Waals surface area (Å²) in [6.45, 7) is 3.43. The minimum absolute atomic E-state index is 0.306. The SMILES string of the molecule is CSOCC1CCCN1.OCC1CCCN1. The predicted octanol–water partition coefficient (Wildman–Crippen LogP) is 0.764. The van der Waals surface area contributed by atoms with Crippen molar-refractivity contribution in [3.8, 4) is 0 Å². The van der Waals surface area contributed by atoms with Crippen molar-refractivity contribution in [3.05, 3.63) is 0 Å². The third-order valence-corrected chi connectivity index (χ3v) is 3.30. The molecule has 0 saturated carbocycles. The molecule has 2 aliphatic heterocycles. The van der Waals surface area contributed by atoms with E-state index >= 15 is 0 Å². The molecule has 0 aromatic rings. The highest BCUT2D eigenvalue weighted by Gasteiger charge is 2.13. The Bertz CT molecular complexity index is 160. The van der Waals surface area contributed by atoms with E-state index in [4.69, 9.17) is 9.29 Å². The topological polar surface area (TPSA) is 53.5 Å². The maximum atomic E-state index is 8.50. The molecule has 0 aliphatic carbocycles. The molecule has 2 heterocycles. The molecule has 96 valence electrons. The van der Waals surface area contributed by atoms with Gasteiger partial charge < -0.3 is 19.9 Å². The Balaban J connectivity index is 0.000000165. The molecule has 2 fully saturated rings. The van der Waals surface area contributed by atoms with Gasteiger partial charge in [-0.25, -0.2) is 0 Å². The highest BCUT2D eigenvalue weighted by atomic mass is 32.2. The Morgan fingerprint density at radius 2 is 1.81 bits per heavy atom. The van der Waals surface area contributed by atoms with Crippen molar-refractivity contribution < 1.29 is 9.29 Å². The van der Waals surface area contributed by atoms with Gasteiger partial charge >= 0.3 is 0 Å². The first-order chi connectivity index (χ1) is 7.86. The minimum Gasteiger partial charge on any atom is -0.395 e. The third kappa shape index (κ3) is 6.06. The van der Waals surface area contributed by atoms with Crippen LogP contribution in [0.4, 0.5) is 0 Å². The second kappa shape index (κ2) is 9.24. The summed E-state index contributed by atoms with van der Waals surface area (Å²) in [5, 5.41) is 15.0. The van der Waals surface area contributed by atoms with Crippen LogP contribution in [-0.2, 0) is 4.18 Å². The van der Waals surface area contributed by atoms with Gasteiger partial charge in [-0.2, -0.15) is 0 Å². The molecule has 3 N–H and O–H groups in total. The molecular formula is C11H24N2O2S. The molecular weight excluding hydrogens is 224 g/mol. The lowest BCUT2D eigenvalue weighted by atomic mass is 10.2. The van der Waals surface area contributed by atoms with Crippen LogP contribution in [0.2, 0.25) is 0 Å². The van der Waals surface area contributed by atoms with Crippen LogP contribution in [0.3, 0.4) is 0 Å². The molecule has 2 aliphatic rings. The fourth-order valence-corrected chi connectivity index (χ4v) is 2.26. The zero-order chi connectivity index (χ0) is 11.6. The molecule has 2 atom stereocenters. The lowest BCUT2D eigenvalue weighted by Crippen LogP contribution is -2.25. The Labute approximate surface area is 103 Å². The highest BCUT2D eigenvalue weighted by Crippen LogP contribution is 2.07. The van der Waals surface area contributed by atoms with E-state index in [1.165, 1.54) is 37.8 Å². The zero-order valence-corrected chi connectivity index (χ0v) is 10.9. The van der Waals surface area contributed by atoms with Crippen LogP contribution in [-0.4, -0.2) is 49.7 Å². The first-order valence-electron chi connectivity index (χ1n) is 6.10. The van der Waals surface area contributed by atoms with Crippen molar-refractivity contribution in [2.75, 3.05) is 32.6 Å². The summed E-state index contributed by atoms with van der Waals surface area (Å²) in [6, 6.07) is 1.03. The van der Waals surface area contributed by atoms with Crippen LogP contribution in [0.5, 0.6) is 0 Å². The standard InChI is InChI=1S/C6H13NOS.C5H11NO/c1-9-8-5-6-3-2-4-7-6;7-4-5-2-1-3-6-5/h6-7H,2-5H2,1H3;5-7H,1-4H2. The van der Waals surface area contributed by atoms with Gasteiger partial charge in [0.25, 0.3) is 0 Å². The van der Waals surface area contributed by atoms with Gasteiger partial charge in [0.2, 0.25) is 0 Å². The van der Waals surface area contributed by atoms with Gasteiger partial charge in [-0.3, -0.25) is 0 Å². The first-order valence-corrected chi connectivity index (χ1v) is 7.25. The summed E-state index contributed by atoms with van der Waals surface area (Å²) in [7, 11) is 0. The molecule has 0 amide bonds. The normalized spacial score (nSPS) is 28.9. The van der Waals surface area contributed by atoms with Crippen LogP contribution in [0, 0.1) is 0 Å². The van der Waals surface area contributed by atoms with Crippen molar-refractivity contribution >= 4 is 12.0 Å². The molecule has 16 heavy (non-hydrogen) atoms. The summed E-state index contributed by atoms with van der Waals surface area (Å²) >= 11 is 1.45. The highest BCUT2D eigenvalue weighted by molar-refractivity contribution is 7.93. The maximum Gasteiger partial charge on any atom is 0.0767 e. The molecule has 2 saturated heterocycles. The van der Waals surface area contributed by atoms with E-state index in [9.17, 15) is 0 Å². The predicted molar refractivity (Wildman–Crippen MR) is 68.6 cm³/mol. The maximum absolute atomic E-state index is 8.50. The first kappa shape index (κ1) is 14.3. The second-order valence-corrected chi connectivity index (χ2v) is 4.79. The van der Waals surface area contributed by atoms with Crippen molar-refractivity contribution in [2.24, 2.45) is 0 Å². The third-order valence-electron chi connectivity index (χ3n) is 2.93. The number of nitrogens with one attached hydrogen (secondary N) is 2. The van der Waals surface area contributed by atoms with Crippen LogP contribution in [0.15, 0.2) is 0 Å². The minimum atomic E-state index is 0.306. The molecule has 4 nitrogen and oxygen atoms in total. The molecule has 2 rings (SSSR count). The van der Waals surface area contributed by atoms with Crippen LogP contribution < -0.4 is 10.6 Å². The van der Waals surface area contributed by atoms with Crippen molar-refractivity contribution in [2.45, 2.75) is 37.8 Å². The van der Waals surface area contributed by atoms with Gasteiger partial charge in [0.1, 0.15) is 0 Å². The largest absolute Gasteiger partial charge is 0.395 e. The van der Waals surface area contributed by atoms with Crippen LogP contribution >= 0.6 is 12.0 Å². The van der Waals surface area contributed by atoms with E-state index in [1.807, 2.05) is 6.26 Å². The summed E-state index contributed by atoms with van der Waals surface area (Å²) in [5.41, 5.74) is 0.